The van der Waals surface area contributed by atoms with Gasteiger partial charge in [-0.2, -0.15) is 18.2 Å². The largest absolute Gasteiger partial charge is 0.465 e. The Labute approximate surface area is 145 Å². The molecule has 8 nitrogen and oxygen atoms in total. The van der Waals surface area contributed by atoms with Gasteiger partial charge in [0.05, 0.1) is 5.56 Å². The molecule has 0 radical (unpaired) electrons. The van der Waals surface area contributed by atoms with Crippen LogP contribution in [0, 0.1) is 5.92 Å². The van der Waals surface area contributed by atoms with Crippen LogP contribution in [0.3, 0.4) is 0 Å². The number of nitrogens with one attached hydrogen (secondary N) is 1. The lowest BCUT2D eigenvalue weighted by molar-refractivity contribution is -0.138. The smallest absolute Gasteiger partial charge is 0.419 e. The molecule has 2 heterocycles. The van der Waals surface area contributed by atoms with Gasteiger partial charge in [0.15, 0.2) is 0 Å². The summed E-state index contributed by atoms with van der Waals surface area (Å²) >= 11 is 0. The highest BCUT2D eigenvalue weighted by molar-refractivity contribution is 5.64. The van der Waals surface area contributed by atoms with Crippen LogP contribution in [0.15, 0.2) is 16.9 Å². The molecule has 0 saturated heterocycles. The van der Waals surface area contributed by atoms with Gasteiger partial charge in [0.25, 0.3) is 0 Å². The van der Waals surface area contributed by atoms with E-state index in [1.807, 2.05) is 0 Å². The molecule has 1 aliphatic carbocycles. The summed E-state index contributed by atoms with van der Waals surface area (Å²) < 4.78 is 42.8. The van der Waals surface area contributed by atoms with Crippen LogP contribution in [-0.4, -0.2) is 37.9 Å². The van der Waals surface area contributed by atoms with Crippen LogP contribution < -0.4 is 5.32 Å². The summed E-state index contributed by atoms with van der Waals surface area (Å²) in [7, 11) is 0. The van der Waals surface area contributed by atoms with Crippen LogP contribution in [-0.2, 0) is 6.18 Å². The normalized spacial score (nSPS) is 20.7. The highest BCUT2D eigenvalue weighted by Gasteiger charge is 2.32. The maximum absolute atomic E-state index is 12.5. The molecule has 140 valence electrons. The Morgan fingerprint density at radius 1 is 1.19 bits per heavy atom. The maximum atomic E-state index is 12.5. The minimum absolute atomic E-state index is 0.0341. The zero-order chi connectivity index (χ0) is 18.7. The summed E-state index contributed by atoms with van der Waals surface area (Å²) in [5, 5.41) is 14.8. The molecule has 0 unspecified atom stereocenters. The molecule has 0 aliphatic heterocycles. The van der Waals surface area contributed by atoms with Crippen molar-refractivity contribution >= 4 is 6.09 Å². The summed E-state index contributed by atoms with van der Waals surface area (Å²) in [5.41, 5.74) is -0.946. The number of nitrogens with zero attached hydrogens (tertiary/aromatic N) is 4. The fraction of sp³-hybridized carbons (Fsp3) is 0.533. The first-order valence-corrected chi connectivity index (χ1v) is 8.03. The Morgan fingerprint density at radius 3 is 2.42 bits per heavy atom. The first-order chi connectivity index (χ1) is 12.3. The summed E-state index contributed by atoms with van der Waals surface area (Å²) in [6.45, 7) is 0.413. The Bertz CT molecular complexity index is 755. The fourth-order valence-electron chi connectivity index (χ4n) is 2.93. The van der Waals surface area contributed by atoms with Gasteiger partial charge in [0.1, 0.15) is 0 Å². The van der Waals surface area contributed by atoms with Crippen molar-refractivity contribution in [2.45, 2.75) is 37.8 Å². The lowest BCUT2D eigenvalue weighted by Crippen LogP contribution is -2.29. The SMILES string of the molecule is O=C(O)NC[C@H]1CC[C@H](c2nc(-c3ncc(C(F)(F)F)cn3)no2)CC1. The third kappa shape index (κ3) is 4.27. The molecule has 0 atom stereocenters. The number of carbonyl (C=O) groups is 1. The van der Waals surface area contributed by atoms with Crippen LogP contribution in [0.25, 0.3) is 11.6 Å². The van der Waals surface area contributed by atoms with Gasteiger partial charge in [-0.05, 0) is 31.6 Å². The molecule has 11 heteroatoms. The second kappa shape index (κ2) is 7.26. The first-order valence-electron chi connectivity index (χ1n) is 8.03. The van der Waals surface area contributed by atoms with Crippen molar-refractivity contribution in [2.75, 3.05) is 6.54 Å². The Balaban J connectivity index is 1.61. The highest BCUT2D eigenvalue weighted by Crippen LogP contribution is 2.35. The minimum Gasteiger partial charge on any atom is -0.465 e. The van der Waals surface area contributed by atoms with Gasteiger partial charge in [-0.3, -0.25) is 0 Å². The summed E-state index contributed by atoms with van der Waals surface area (Å²) in [4.78, 5) is 22.0. The number of rotatable bonds is 4. The third-order valence-corrected chi connectivity index (χ3v) is 4.36. The number of halogens is 3. The van der Waals surface area contributed by atoms with Gasteiger partial charge < -0.3 is 14.9 Å². The molecule has 2 N–H and O–H groups in total. The number of hydrogen-bond donors (Lipinski definition) is 2. The Hall–Kier alpha value is -2.72. The minimum atomic E-state index is -4.50. The molecule has 1 aliphatic rings. The average molecular weight is 371 g/mol. The van der Waals surface area contributed by atoms with E-state index >= 15 is 0 Å². The van der Waals surface area contributed by atoms with Crippen LogP contribution >= 0.6 is 0 Å². The van der Waals surface area contributed by atoms with Crippen LogP contribution in [0.4, 0.5) is 18.0 Å². The number of amides is 1. The summed E-state index contributed by atoms with van der Waals surface area (Å²) in [5.74, 6) is 0.707. The van der Waals surface area contributed by atoms with Gasteiger partial charge in [-0.25, -0.2) is 14.8 Å². The molecular formula is C15H16F3N5O3. The van der Waals surface area contributed by atoms with Gasteiger partial charge in [0.2, 0.25) is 17.5 Å². The second-order valence-corrected chi connectivity index (χ2v) is 6.15. The lowest BCUT2D eigenvalue weighted by atomic mass is 9.82. The van der Waals surface area contributed by atoms with Crippen LogP contribution in [0.2, 0.25) is 0 Å². The van der Waals surface area contributed by atoms with E-state index in [0.717, 1.165) is 25.7 Å². The molecule has 2 aromatic heterocycles. The second-order valence-electron chi connectivity index (χ2n) is 6.15. The first kappa shape index (κ1) is 18.1. The van der Waals surface area contributed by atoms with Crippen molar-refractivity contribution in [3.8, 4) is 11.6 Å². The van der Waals surface area contributed by atoms with E-state index in [9.17, 15) is 18.0 Å². The van der Waals surface area contributed by atoms with Crippen LogP contribution in [0.1, 0.15) is 43.1 Å². The zero-order valence-electron chi connectivity index (χ0n) is 13.5. The molecule has 0 aromatic carbocycles. The summed E-state index contributed by atoms with van der Waals surface area (Å²) in [6.07, 6.45) is -1.01. The van der Waals surface area contributed by atoms with E-state index in [0.29, 0.717) is 24.8 Å². The molecule has 1 amide bonds. The lowest BCUT2D eigenvalue weighted by Gasteiger charge is -2.26. The van der Waals surface area contributed by atoms with E-state index in [1.54, 1.807) is 0 Å². The van der Waals surface area contributed by atoms with Crippen molar-refractivity contribution in [1.29, 1.82) is 0 Å². The zero-order valence-corrected chi connectivity index (χ0v) is 13.5. The van der Waals surface area contributed by atoms with E-state index in [1.165, 1.54) is 0 Å². The molecule has 1 saturated carbocycles. The topological polar surface area (TPSA) is 114 Å². The van der Waals surface area contributed by atoms with Crippen molar-refractivity contribution < 1.29 is 27.6 Å². The number of carboxylic acid groups (broad SMARTS) is 1. The molecule has 26 heavy (non-hydrogen) atoms. The predicted octanol–water partition coefficient (Wildman–Crippen LogP) is 3.09. The number of hydrogen-bond acceptors (Lipinski definition) is 6. The standard InChI is InChI=1S/C15H16F3N5O3/c16-15(17,18)10-6-19-11(20-7-10)12-22-13(26-23-12)9-3-1-8(2-4-9)5-21-14(24)25/h6-9,21H,1-5H2,(H,24,25)/t8-,9-. The van der Waals surface area contributed by atoms with Crippen molar-refractivity contribution in [1.82, 2.24) is 25.4 Å². The van der Waals surface area contributed by atoms with E-state index in [4.69, 9.17) is 9.63 Å². The molecule has 1 fully saturated rings. The predicted molar refractivity (Wildman–Crippen MR) is 81.1 cm³/mol. The van der Waals surface area contributed by atoms with Gasteiger partial charge in [-0.1, -0.05) is 5.16 Å². The van der Waals surface area contributed by atoms with E-state index < -0.39 is 17.8 Å². The monoisotopic (exact) mass is 371 g/mol. The highest BCUT2D eigenvalue weighted by atomic mass is 19.4. The van der Waals surface area contributed by atoms with Gasteiger partial charge in [0, 0.05) is 24.9 Å². The van der Waals surface area contributed by atoms with Gasteiger partial charge in [-0.15, -0.1) is 0 Å². The fourth-order valence-corrected chi connectivity index (χ4v) is 2.93. The van der Waals surface area contributed by atoms with Crippen molar-refractivity contribution in [3.63, 3.8) is 0 Å². The Kier molecular flexibility index (Phi) is 5.05. The molecule has 3 rings (SSSR count). The maximum Gasteiger partial charge on any atom is 0.419 e. The molecular weight excluding hydrogens is 355 g/mol. The van der Waals surface area contributed by atoms with Crippen molar-refractivity contribution in [2.24, 2.45) is 5.92 Å². The van der Waals surface area contributed by atoms with Gasteiger partial charge >= 0.3 is 12.3 Å². The number of alkyl halides is 3. The number of aromatic nitrogens is 4. The van der Waals surface area contributed by atoms with E-state index in [-0.39, 0.29) is 23.5 Å². The quantitative estimate of drug-likeness (QED) is 0.849. The van der Waals surface area contributed by atoms with Crippen LogP contribution in [0.5, 0.6) is 0 Å². The third-order valence-electron chi connectivity index (χ3n) is 4.36. The summed E-state index contributed by atoms with van der Waals surface area (Å²) in [6, 6.07) is 0. The molecule has 0 spiro atoms. The molecule has 2 aromatic rings. The molecule has 0 bridgehead atoms. The van der Waals surface area contributed by atoms with Crippen molar-refractivity contribution in [3.05, 3.63) is 23.8 Å². The average Bonchev–Trinajstić information content (AvgIpc) is 3.10. The van der Waals surface area contributed by atoms with E-state index in [2.05, 4.69) is 25.4 Å². The Morgan fingerprint density at radius 2 is 1.85 bits per heavy atom.